The predicted molar refractivity (Wildman–Crippen MR) is 145 cm³/mol. The number of hydrogen-bond donors (Lipinski definition) is 2. The molecule has 0 saturated heterocycles. The first-order valence-corrected chi connectivity index (χ1v) is 14.0. The zero-order valence-corrected chi connectivity index (χ0v) is 22.9. The van der Waals surface area contributed by atoms with Crippen LogP contribution in [0.1, 0.15) is 132 Å². The highest BCUT2D eigenvalue weighted by Gasteiger charge is 2.19. The molecule has 32 heavy (non-hydrogen) atoms. The van der Waals surface area contributed by atoms with E-state index in [1.165, 1.54) is 56.9 Å². The van der Waals surface area contributed by atoms with Crippen molar-refractivity contribution >= 4 is 0 Å². The van der Waals surface area contributed by atoms with Gasteiger partial charge in [-0.25, -0.2) is 0 Å². The van der Waals surface area contributed by atoms with Crippen LogP contribution in [-0.2, 0) is 0 Å². The molecule has 0 amide bonds. The summed E-state index contributed by atoms with van der Waals surface area (Å²) >= 11 is 0. The third-order valence-corrected chi connectivity index (χ3v) is 6.38. The highest BCUT2D eigenvalue weighted by Crippen LogP contribution is 2.33. The molecule has 2 heteroatoms. The van der Waals surface area contributed by atoms with Crippen LogP contribution in [0, 0.1) is 11.8 Å². The number of aliphatic hydroxyl groups excluding tert-OH is 2. The van der Waals surface area contributed by atoms with E-state index in [9.17, 15) is 5.11 Å². The summed E-state index contributed by atoms with van der Waals surface area (Å²) in [5.74, 6) is 1.53. The van der Waals surface area contributed by atoms with E-state index in [4.69, 9.17) is 5.11 Å². The molecular weight excluding hydrogens is 392 g/mol. The normalized spacial score (nSPS) is 26.7. The maximum Gasteiger partial charge on any atom is 0.0787 e. The van der Waals surface area contributed by atoms with Gasteiger partial charge in [0.1, 0.15) is 0 Å². The van der Waals surface area contributed by atoms with Gasteiger partial charge in [0, 0.05) is 6.61 Å². The molecule has 2 aliphatic carbocycles. The average Bonchev–Trinajstić information content (AvgIpc) is 2.84. The second-order valence-electron chi connectivity index (χ2n) is 8.56. The smallest absolute Gasteiger partial charge is 0.0787 e. The minimum atomic E-state index is -0.348. The summed E-state index contributed by atoms with van der Waals surface area (Å²) in [6.07, 6.45) is 19.7. The lowest BCUT2D eigenvalue weighted by molar-refractivity contribution is 0.191. The molecule has 0 aromatic carbocycles. The molecule has 2 nitrogen and oxygen atoms in total. The summed E-state index contributed by atoms with van der Waals surface area (Å²) in [4.78, 5) is 0. The zero-order valence-electron chi connectivity index (χ0n) is 22.9. The third-order valence-electron chi connectivity index (χ3n) is 6.38. The Morgan fingerprint density at radius 2 is 1.47 bits per heavy atom. The van der Waals surface area contributed by atoms with Gasteiger partial charge in [-0.1, -0.05) is 105 Å². The Hall–Kier alpha value is -0.860. The van der Waals surface area contributed by atoms with Crippen LogP contribution >= 0.6 is 0 Å². The van der Waals surface area contributed by atoms with Gasteiger partial charge in [-0.05, 0) is 74.3 Å². The van der Waals surface area contributed by atoms with E-state index in [0.717, 1.165) is 43.6 Å². The Morgan fingerprint density at radius 3 is 2.12 bits per heavy atom. The lowest BCUT2D eigenvalue weighted by Crippen LogP contribution is -2.16. The highest BCUT2D eigenvalue weighted by molar-refractivity contribution is 5.37. The van der Waals surface area contributed by atoms with Crippen molar-refractivity contribution in [3.05, 3.63) is 35.5 Å². The van der Waals surface area contributed by atoms with Gasteiger partial charge in [0.2, 0.25) is 0 Å². The summed E-state index contributed by atoms with van der Waals surface area (Å²) < 4.78 is 0. The van der Waals surface area contributed by atoms with E-state index in [-0.39, 0.29) is 6.10 Å². The van der Waals surface area contributed by atoms with Crippen molar-refractivity contribution in [1.82, 2.24) is 0 Å². The summed E-state index contributed by atoms with van der Waals surface area (Å²) in [6.45, 7) is 18.8. The minimum absolute atomic E-state index is 0.310. The first-order chi connectivity index (χ1) is 15.6. The van der Waals surface area contributed by atoms with E-state index in [2.05, 4.69) is 25.7 Å². The van der Waals surface area contributed by atoms with Gasteiger partial charge < -0.3 is 10.2 Å². The Labute approximate surface area is 202 Å². The second-order valence-corrected chi connectivity index (χ2v) is 8.56. The summed E-state index contributed by atoms with van der Waals surface area (Å²) in [5, 5.41) is 19.2. The van der Waals surface area contributed by atoms with Gasteiger partial charge in [-0.2, -0.15) is 0 Å². The van der Waals surface area contributed by atoms with Gasteiger partial charge >= 0.3 is 0 Å². The molecule has 2 rings (SSSR count). The minimum Gasteiger partial charge on any atom is -0.396 e. The predicted octanol–water partition coefficient (Wildman–Crippen LogP) is 9.18. The summed E-state index contributed by atoms with van der Waals surface area (Å²) in [5.41, 5.74) is 3.77. The quantitative estimate of drug-likeness (QED) is 0.410. The SMILES string of the molecule is C=C1/C(=C\C=C2/CCCCC(C)CCCC2CCCCO)CCCC1O.CC.CC.CC. The van der Waals surface area contributed by atoms with Crippen molar-refractivity contribution in [2.24, 2.45) is 11.8 Å². The number of allylic oxidation sites excluding steroid dienone is 3. The molecule has 190 valence electrons. The molecule has 0 aromatic rings. The highest BCUT2D eigenvalue weighted by atomic mass is 16.3. The molecule has 0 aliphatic heterocycles. The standard InChI is InChI=1S/C24H40O2.3C2H6/c1-19-9-3-4-11-23(22(14-7-10-19)12-5-6-18-25)17-16-21-13-8-15-24(26)20(21)2;3*1-2/h16-17,19,22,24-26H,2-15,18H2,1H3;3*1-2H3/b21-16-,23-17+;;;. The van der Waals surface area contributed by atoms with Crippen LogP contribution in [-0.4, -0.2) is 22.9 Å². The van der Waals surface area contributed by atoms with Gasteiger partial charge in [-0.3, -0.25) is 0 Å². The molecule has 0 heterocycles. The van der Waals surface area contributed by atoms with Gasteiger partial charge in [0.15, 0.2) is 0 Å². The molecule has 0 radical (unpaired) electrons. The molecule has 2 aliphatic rings. The average molecular weight is 451 g/mol. The maximum atomic E-state index is 10.1. The van der Waals surface area contributed by atoms with Crippen LogP contribution in [0.15, 0.2) is 35.5 Å². The Balaban J connectivity index is 0. The molecule has 0 aromatic heterocycles. The zero-order chi connectivity index (χ0) is 24.8. The topological polar surface area (TPSA) is 40.5 Å². The number of rotatable bonds is 5. The molecule has 2 N–H and O–H groups in total. The first kappa shape index (κ1) is 33.3. The first-order valence-electron chi connectivity index (χ1n) is 14.0. The van der Waals surface area contributed by atoms with Crippen LogP contribution in [0.4, 0.5) is 0 Å². The molecule has 3 unspecified atom stereocenters. The molecule has 0 spiro atoms. The van der Waals surface area contributed by atoms with E-state index < -0.39 is 0 Å². The third kappa shape index (κ3) is 14.3. The number of aliphatic hydroxyl groups is 2. The lowest BCUT2D eigenvalue weighted by atomic mass is 9.82. The van der Waals surface area contributed by atoms with Gasteiger partial charge in [0.25, 0.3) is 0 Å². The number of hydrogen-bond acceptors (Lipinski definition) is 2. The summed E-state index contributed by atoms with van der Waals surface area (Å²) in [7, 11) is 0. The van der Waals surface area contributed by atoms with Crippen LogP contribution < -0.4 is 0 Å². The van der Waals surface area contributed by atoms with Crippen molar-refractivity contribution in [1.29, 1.82) is 0 Å². The second kappa shape index (κ2) is 23.3. The van der Waals surface area contributed by atoms with Crippen molar-refractivity contribution in [2.75, 3.05) is 6.61 Å². The molecular formula is C30H58O2. The van der Waals surface area contributed by atoms with E-state index in [0.29, 0.717) is 12.5 Å². The Kier molecular flexibility index (Phi) is 24.3. The Morgan fingerprint density at radius 1 is 0.812 bits per heavy atom. The molecule has 0 bridgehead atoms. The largest absolute Gasteiger partial charge is 0.396 e. The van der Waals surface area contributed by atoms with E-state index in [1.807, 2.05) is 41.5 Å². The van der Waals surface area contributed by atoms with Crippen molar-refractivity contribution in [3.8, 4) is 0 Å². The fourth-order valence-electron chi connectivity index (χ4n) is 4.55. The Bertz CT molecular complexity index is 489. The van der Waals surface area contributed by atoms with Crippen LogP contribution in [0.2, 0.25) is 0 Å². The van der Waals surface area contributed by atoms with Crippen LogP contribution in [0.5, 0.6) is 0 Å². The molecule has 2 fully saturated rings. The maximum absolute atomic E-state index is 10.1. The van der Waals surface area contributed by atoms with Crippen molar-refractivity contribution < 1.29 is 10.2 Å². The van der Waals surface area contributed by atoms with Gasteiger partial charge in [-0.15, -0.1) is 0 Å². The lowest BCUT2D eigenvalue weighted by Gasteiger charge is -2.25. The monoisotopic (exact) mass is 450 g/mol. The van der Waals surface area contributed by atoms with Gasteiger partial charge in [0.05, 0.1) is 6.10 Å². The molecule has 2 saturated carbocycles. The van der Waals surface area contributed by atoms with E-state index >= 15 is 0 Å². The molecule has 3 atom stereocenters. The van der Waals surface area contributed by atoms with Crippen LogP contribution in [0.3, 0.4) is 0 Å². The fourth-order valence-corrected chi connectivity index (χ4v) is 4.55. The fraction of sp³-hybridized carbons (Fsp3) is 0.800. The summed E-state index contributed by atoms with van der Waals surface area (Å²) in [6, 6.07) is 0. The van der Waals surface area contributed by atoms with E-state index in [1.54, 1.807) is 5.57 Å². The van der Waals surface area contributed by atoms with Crippen molar-refractivity contribution in [3.63, 3.8) is 0 Å². The van der Waals surface area contributed by atoms with Crippen molar-refractivity contribution in [2.45, 2.75) is 138 Å². The van der Waals surface area contributed by atoms with Crippen LogP contribution in [0.25, 0.3) is 0 Å². The number of unbranched alkanes of at least 4 members (excludes halogenated alkanes) is 1.